The highest BCUT2D eigenvalue weighted by atomic mass is 14.9. The molecule has 0 aliphatic heterocycles. The lowest BCUT2D eigenvalue weighted by Gasteiger charge is -2.20. The van der Waals surface area contributed by atoms with Gasteiger partial charge in [-0.25, -0.2) is 4.98 Å². The highest BCUT2D eigenvalue weighted by molar-refractivity contribution is 5.00. The van der Waals surface area contributed by atoms with E-state index in [0.29, 0.717) is 0 Å². The van der Waals surface area contributed by atoms with Crippen LogP contribution in [0.15, 0.2) is 6.20 Å². The number of nitrogens with zero attached hydrogens (tertiary/aromatic N) is 1. The molecule has 1 fully saturated rings. The van der Waals surface area contributed by atoms with Crippen LogP contribution in [0.4, 0.5) is 0 Å². The number of hydrogen-bond acceptors (Lipinski definition) is 1. The molecule has 2 heteroatoms. The zero-order valence-corrected chi connectivity index (χ0v) is 9.05. The van der Waals surface area contributed by atoms with E-state index in [4.69, 9.17) is 0 Å². The van der Waals surface area contributed by atoms with Gasteiger partial charge >= 0.3 is 0 Å². The van der Waals surface area contributed by atoms with E-state index in [1.54, 1.807) is 0 Å². The summed E-state index contributed by atoms with van der Waals surface area (Å²) in [6.07, 6.45) is 11.8. The van der Waals surface area contributed by atoms with Crippen LogP contribution in [-0.4, -0.2) is 9.97 Å². The maximum Gasteiger partial charge on any atom is 0.103 e. The van der Waals surface area contributed by atoms with Crippen molar-refractivity contribution < 1.29 is 0 Å². The van der Waals surface area contributed by atoms with Gasteiger partial charge in [0, 0.05) is 11.9 Å². The Balaban J connectivity index is 1.76. The fourth-order valence-electron chi connectivity index (χ4n) is 2.43. The predicted octanol–water partition coefficient (Wildman–Crippen LogP) is 3.23. The fraction of sp³-hybridized carbons (Fsp3) is 0.750. The van der Waals surface area contributed by atoms with E-state index in [1.807, 2.05) is 13.1 Å². The third kappa shape index (κ3) is 2.60. The lowest BCUT2D eigenvalue weighted by molar-refractivity contribution is 0.338. The van der Waals surface area contributed by atoms with Gasteiger partial charge in [0.1, 0.15) is 5.82 Å². The topological polar surface area (TPSA) is 28.7 Å². The molecule has 78 valence electrons. The van der Waals surface area contributed by atoms with Crippen LogP contribution in [0.25, 0.3) is 0 Å². The third-order valence-electron chi connectivity index (χ3n) is 3.30. The molecule has 14 heavy (non-hydrogen) atoms. The Morgan fingerprint density at radius 1 is 1.36 bits per heavy atom. The molecule has 0 bridgehead atoms. The van der Waals surface area contributed by atoms with Gasteiger partial charge in [0.05, 0.1) is 0 Å². The van der Waals surface area contributed by atoms with Crippen molar-refractivity contribution in [2.24, 2.45) is 5.92 Å². The minimum absolute atomic E-state index is 0.979. The average molecular weight is 192 g/mol. The molecule has 1 heterocycles. The van der Waals surface area contributed by atoms with E-state index in [9.17, 15) is 0 Å². The lowest BCUT2D eigenvalue weighted by atomic mass is 9.86. The molecule has 1 aliphatic carbocycles. The zero-order chi connectivity index (χ0) is 9.80. The molecular formula is C12H20N2. The van der Waals surface area contributed by atoms with Crippen molar-refractivity contribution in [2.45, 2.75) is 51.9 Å². The van der Waals surface area contributed by atoms with Crippen LogP contribution in [-0.2, 0) is 6.42 Å². The number of nitrogens with one attached hydrogen (secondary N) is 1. The van der Waals surface area contributed by atoms with Gasteiger partial charge in [0.2, 0.25) is 0 Å². The summed E-state index contributed by atoms with van der Waals surface area (Å²) >= 11 is 0. The first-order valence-corrected chi connectivity index (χ1v) is 5.85. The van der Waals surface area contributed by atoms with Crippen LogP contribution >= 0.6 is 0 Å². The number of imidazole rings is 1. The summed E-state index contributed by atoms with van der Waals surface area (Å²) in [5, 5.41) is 0. The Bertz CT molecular complexity index is 272. The molecule has 0 saturated heterocycles. The number of aromatic amines is 1. The van der Waals surface area contributed by atoms with Gasteiger partial charge in [-0.15, -0.1) is 0 Å². The van der Waals surface area contributed by atoms with Crippen molar-refractivity contribution >= 4 is 0 Å². The highest BCUT2D eigenvalue weighted by Gasteiger charge is 2.13. The van der Waals surface area contributed by atoms with Crippen LogP contribution < -0.4 is 0 Å². The predicted molar refractivity (Wildman–Crippen MR) is 58.2 cm³/mol. The standard InChI is InChI=1S/C12H20N2/c1-10-13-9-12(14-10)8-7-11-5-3-2-4-6-11/h9,11H,2-8H2,1H3,(H,13,14). The molecule has 1 aliphatic rings. The first kappa shape index (κ1) is 9.75. The summed E-state index contributed by atoms with van der Waals surface area (Å²) in [4.78, 5) is 7.53. The normalized spacial score (nSPS) is 18.6. The van der Waals surface area contributed by atoms with Crippen LogP contribution in [0.5, 0.6) is 0 Å². The van der Waals surface area contributed by atoms with Gasteiger partial charge in [-0.05, 0) is 25.7 Å². The Labute approximate surface area is 86.1 Å². The smallest absolute Gasteiger partial charge is 0.103 e. The molecule has 2 nitrogen and oxygen atoms in total. The largest absolute Gasteiger partial charge is 0.346 e. The van der Waals surface area contributed by atoms with Crippen molar-refractivity contribution in [1.29, 1.82) is 0 Å². The monoisotopic (exact) mass is 192 g/mol. The van der Waals surface area contributed by atoms with E-state index in [-0.39, 0.29) is 0 Å². The molecule has 0 amide bonds. The highest BCUT2D eigenvalue weighted by Crippen LogP contribution is 2.27. The van der Waals surface area contributed by atoms with E-state index < -0.39 is 0 Å². The number of rotatable bonds is 3. The van der Waals surface area contributed by atoms with Crippen LogP contribution in [0.3, 0.4) is 0 Å². The Kier molecular flexibility index (Phi) is 3.22. The molecule has 1 saturated carbocycles. The van der Waals surface area contributed by atoms with Crippen LogP contribution in [0.2, 0.25) is 0 Å². The molecule has 0 unspecified atom stereocenters. The molecule has 0 radical (unpaired) electrons. The SMILES string of the molecule is Cc1ncc(CCC2CCCCC2)[nH]1. The van der Waals surface area contributed by atoms with Gasteiger partial charge in [0.15, 0.2) is 0 Å². The molecule has 0 spiro atoms. The maximum absolute atomic E-state index is 4.22. The minimum atomic E-state index is 0.979. The summed E-state index contributed by atoms with van der Waals surface area (Å²) in [6, 6.07) is 0. The molecule has 0 atom stereocenters. The quantitative estimate of drug-likeness (QED) is 0.782. The van der Waals surface area contributed by atoms with Gasteiger partial charge in [-0.1, -0.05) is 32.1 Å². The average Bonchev–Trinajstić information content (AvgIpc) is 2.63. The van der Waals surface area contributed by atoms with Crippen molar-refractivity contribution in [3.63, 3.8) is 0 Å². The summed E-state index contributed by atoms with van der Waals surface area (Å²) < 4.78 is 0. The summed E-state index contributed by atoms with van der Waals surface area (Å²) in [6.45, 7) is 2.02. The Morgan fingerprint density at radius 2 is 2.14 bits per heavy atom. The summed E-state index contributed by atoms with van der Waals surface area (Å²) in [5.74, 6) is 2.02. The Hall–Kier alpha value is -0.790. The maximum atomic E-state index is 4.22. The van der Waals surface area contributed by atoms with Crippen molar-refractivity contribution in [3.8, 4) is 0 Å². The van der Waals surface area contributed by atoms with Crippen molar-refractivity contribution in [3.05, 3.63) is 17.7 Å². The Morgan fingerprint density at radius 3 is 2.79 bits per heavy atom. The summed E-state index contributed by atoms with van der Waals surface area (Å²) in [5.41, 5.74) is 1.31. The second kappa shape index (κ2) is 4.63. The van der Waals surface area contributed by atoms with Gasteiger partial charge in [0.25, 0.3) is 0 Å². The molecule has 1 aromatic rings. The second-order valence-electron chi connectivity index (χ2n) is 4.54. The van der Waals surface area contributed by atoms with Crippen LogP contribution in [0, 0.1) is 12.8 Å². The van der Waals surface area contributed by atoms with Gasteiger partial charge < -0.3 is 4.98 Å². The zero-order valence-electron chi connectivity index (χ0n) is 9.05. The number of hydrogen-bond donors (Lipinski definition) is 1. The third-order valence-corrected chi connectivity index (χ3v) is 3.30. The van der Waals surface area contributed by atoms with Gasteiger partial charge in [-0.2, -0.15) is 0 Å². The first-order valence-electron chi connectivity index (χ1n) is 5.85. The van der Waals surface area contributed by atoms with Gasteiger partial charge in [-0.3, -0.25) is 0 Å². The van der Waals surface area contributed by atoms with E-state index >= 15 is 0 Å². The summed E-state index contributed by atoms with van der Waals surface area (Å²) in [7, 11) is 0. The molecular weight excluding hydrogens is 172 g/mol. The lowest BCUT2D eigenvalue weighted by Crippen LogP contribution is -2.07. The molecule has 1 aromatic heterocycles. The first-order chi connectivity index (χ1) is 6.84. The number of H-pyrrole nitrogens is 1. The fourth-order valence-corrected chi connectivity index (χ4v) is 2.43. The molecule has 2 rings (SSSR count). The van der Waals surface area contributed by atoms with Crippen molar-refractivity contribution in [2.75, 3.05) is 0 Å². The van der Waals surface area contributed by atoms with Crippen LogP contribution in [0.1, 0.15) is 50.0 Å². The number of aryl methyl sites for hydroxylation is 2. The molecule has 0 aromatic carbocycles. The minimum Gasteiger partial charge on any atom is -0.346 e. The van der Waals surface area contributed by atoms with E-state index in [0.717, 1.165) is 11.7 Å². The number of aromatic nitrogens is 2. The van der Waals surface area contributed by atoms with E-state index in [1.165, 1.54) is 50.6 Å². The molecule has 1 N–H and O–H groups in total. The van der Waals surface area contributed by atoms with E-state index in [2.05, 4.69) is 9.97 Å². The second-order valence-corrected chi connectivity index (χ2v) is 4.54. The van der Waals surface area contributed by atoms with Crippen molar-refractivity contribution in [1.82, 2.24) is 9.97 Å².